The average molecular weight is 262 g/mol. The summed E-state index contributed by atoms with van der Waals surface area (Å²) in [5.74, 6) is 0.705. The van der Waals surface area contributed by atoms with Crippen molar-refractivity contribution in [3.8, 4) is 0 Å². The number of amides is 1. The lowest BCUT2D eigenvalue weighted by Gasteiger charge is -2.31. The molecule has 5 nitrogen and oxygen atoms in total. The quantitative estimate of drug-likeness (QED) is 0.904. The smallest absolute Gasteiger partial charge is 0.274 e. The van der Waals surface area contributed by atoms with Crippen LogP contribution in [0.25, 0.3) is 0 Å². The van der Waals surface area contributed by atoms with Crippen LogP contribution in [-0.2, 0) is 0 Å². The van der Waals surface area contributed by atoms with E-state index in [0.717, 1.165) is 38.2 Å². The number of aromatic nitrogens is 2. The molecule has 1 aromatic heterocycles. The molecule has 0 saturated carbocycles. The van der Waals surface area contributed by atoms with E-state index in [4.69, 9.17) is 0 Å². The van der Waals surface area contributed by atoms with Gasteiger partial charge in [-0.05, 0) is 33.1 Å². The van der Waals surface area contributed by atoms with Crippen molar-refractivity contribution in [2.24, 2.45) is 0 Å². The number of nitrogens with zero attached hydrogens (tertiary/aromatic N) is 3. The first-order chi connectivity index (χ1) is 9.04. The molecule has 1 aliphatic heterocycles. The SMILES string of the molecule is CCCNc1cnc(C(=O)N2CCCC2(C)C)cn1. The molecular weight excluding hydrogens is 240 g/mol. The van der Waals surface area contributed by atoms with E-state index in [-0.39, 0.29) is 11.4 Å². The highest BCUT2D eigenvalue weighted by atomic mass is 16.2. The second-order valence-corrected chi connectivity index (χ2v) is 5.59. The topological polar surface area (TPSA) is 58.1 Å². The highest BCUT2D eigenvalue weighted by Gasteiger charge is 2.36. The molecule has 2 heterocycles. The summed E-state index contributed by atoms with van der Waals surface area (Å²) in [6, 6.07) is 0. The molecule has 1 saturated heterocycles. The third-order valence-corrected chi connectivity index (χ3v) is 3.57. The lowest BCUT2D eigenvalue weighted by atomic mass is 10.0. The summed E-state index contributed by atoms with van der Waals surface area (Å²) in [7, 11) is 0. The van der Waals surface area contributed by atoms with Gasteiger partial charge in [0, 0.05) is 18.6 Å². The van der Waals surface area contributed by atoms with Gasteiger partial charge in [0.15, 0.2) is 0 Å². The van der Waals surface area contributed by atoms with Crippen LogP contribution in [0.15, 0.2) is 12.4 Å². The first-order valence-corrected chi connectivity index (χ1v) is 6.92. The summed E-state index contributed by atoms with van der Waals surface area (Å²) in [4.78, 5) is 22.8. The molecule has 0 bridgehead atoms. The van der Waals surface area contributed by atoms with Crippen LogP contribution in [0.2, 0.25) is 0 Å². The van der Waals surface area contributed by atoms with Gasteiger partial charge in [-0.1, -0.05) is 6.92 Å². The Hall–Kier alpha value is -1.65. The predicted molar refractivity (Wildman–Crippen MR) is 75.2 cm³/mol. The van der Waals surface area contributed by atoms with Crippen LogP contribution in [0.4, 0.5) is 5.82 Å². The number of nitrogens with one attached hydrogen (secondary N) is 1. The number of carbonyl (C=O) groups excluding carboxylic acids is 1. The Morgan fingerprint density at radius 3 is 2.74 bits per heavy atom. The zero-order valence-corrected chi connectivity index (χ0v) is 11.9. The number of likely N-dealkylation sites (tertiary alicyclic amines) is 1. The number of rotatable bonds is 4. The summed E-state index contributed by atoms with van der Waals surface area (Å²) in [5.41, 5.74) is 0.356. The monoisotopic (exact) mass is 262 g/mol. The third kappa shape index (κ3) is 3.03. The van der Waals surface area contributed by atoms with E-state index in [9.17, 15) is 4.79 Å². The maximum atomic E-state index is 12.4. The Morgan fingerprint density at radius 1 is 1.42 bits per heavy atom. The van der Waals surface area contributed by atoms with E-state index in [1.807, 2.05) is 4.90 Å². The molecule has 1 aliphatic rings. The minimum Gasteiger partial charge on any atom is -0.369 e. The van der Waals surface area contributed by atoms with Crippen LogP contribution in [0, 0.1) is 0 Å². The molecule has 0 atom stereocenters. The van der Waals surface area contributed by atoms with Gasteiger partial charge in [0.25, 0.3) is 5.91 Å². The first kappa shape index (κ1) is 13.8. The first-order valence-electron chi connectivity index (χ1n) is 6.92. The molecule has 2 rings (SSSR count). The third-order valence-electron chi connectivity index (χ3n) is 3.57. The summed E-state index contributed by atoms with van der Waals surface area (Å²) in [5, 5.41) is 3.15. The summed E-state index contributed by atoms with van der Waals surface area (Å²) >= 11 is 0. The number of hydrogen-bond donors (Lipinski definition) is 1. The van der Waals surface area contributed by atoms with Crippen LogP contribution in [0.3, 0.4) is 0 Å². The van der Waals surface area contributed by atoms with Gasteiger partial charge < -0.3 is 10.2 Å². The Bertz CT molecular complexity index is 441. The second-order valence-electron chi connectivity index (χ2n) is 5.59. The Morgan fingerprint density at radius 2 is 2.21 bits per heavy atom. The van der Waals surface area contributed by atoms with Crippen LogP contribution in [0.1, 0.15) is 50.5 Å². The molecule has 0 aromatic carbocycles. The zero-order valence-electron chi connectivity index (χ0n) is 11.9. The van der Waals surface area contributed by atoms with Crippen LogP contribution >= 0.6 is 0 Å². The van der Waals surface area contributed by atoms with Gasteiger partial charge in [-0.15, -0.1) is 0 Å². The van der Waals surface area contributed by atoms with E-state index in [1.54, 1.807) is 12.4 Å². The van der Waals surface area contributed by atoms with Crippen molar-refractivity contribution in [1.82, 2.24) is 14.9 Å². The van der Waals surface area contributed by atoms with Gasteiger partial charge in [0.2, 0.25) is 0 Å². The van der Waals surface area contributed by atoms with E-state index in [1.165, 1.54) is 0 Å². The van der Waals surface area contributed by atoms with Crippen molar-refractivity contribution < 1.29 is 4.79 Å². The Kier molecular flexibility index (Phi) is 4.02. The maximum absolute atomic E-state index is 12.4. The van der Waals surface area contributed by atoms with E-state index in [2.05, 4.69) is 36.1 Å². The standard InChI is InChI=1S/C14H22N4O/c1-4-7-15-12-10-16-11(9-17-12)13(19)18-8-5-6-14(18,2)3/h9-10H,4-8H2,1-3H3,(H,15,17). The fourth-order valence-corrected chi connectivity index (χ4v) is 2.40. The van der Waals surface area contributed by atoms with Crippen molar-refractivity contribution in [2.45, 2.75) is 45.6 Å². The Balaban J connectivity index is 2.07. The molecule has 1 fully saturated rings. The Labute approximate surface area is 114 Å². The molecule has 19 heavy (non-hydrogen) atoms. The lowest BCUT2D eigenvalue weighted by Crippen LogP contribution is -2.43. The lowest BCUT2D eigenvalue weighted by molar-refractivity contribution is 0.0645. The van der Waals surface area contributed by atoms with Crippen molar-refractivity contribution in [1.29, 1.82) is 0 Å². The number of carbonyl (C=O) groups is 1. The number of anilines is 1. The van der Waals surface area contributed by atoms with Crippen molar-refractivity contribution in [3.05, 3.63) is 18.1 Å². The van der Waals surface area contributed by atoms with E-state index in [0.29, 0.717) is 5.69 Å². The van der Waals surface area contributed by atoms with Crippen molar-refractivity contribution in [3.63, 3.8) is 0 Å². The average Bonchev–Trinajstić information content (AvgIpc) is 2.76. The number of hydrogen-bond acceptors (Lipinski definition) is 4. The van der Waals surface area contributed by atoms with Gasteiger partial charge in [-0.3, -0.25) is 4.79 Å². The van der Waals surface area contributed by atoms with Crippen LogP contribution < -0.4 is 5.32 Å². The molecule has 5 heteroatoms. The molecule has 0 radical (unpaired) electrons. The second kappa shape index (κ2) is 5.55. The largest absolute Gasteiger partial charge is 0.369 e. The van der Waals surface area contributed by atoms with Gasteiger partial charge in [-0.25, -0.2) is 9.97 Å². The normalized spacial score (nSPS) is 17.5. The molecule has 0 aliphatic carbocycles. The van der Waals surface area contributed by atoms with Gasteiger partial charge in [0.05, 0.1) is 12.4 Å². The summed E-state index contributed by atoms with van der Waals surface area (Å²) in [6.07, 6.45) is 6.33. The molecule has 104 valence electrons. The zero-order chi connectivity index (χ0) is 13.9. The van der Waals surface area contributed by atoms with Gasteiger partial charge >= 0.3 is 0 Å². The van der Waals surface area contributed by atoms with Gasteiger partial charge in [0.1, 0.15) is 11.5 Å². The highest BCUT2D eigenvalue weighted by Crippen LogP contribution is 2.29. The molecule has 0 spiro atoms. The minimum absolute atomic E-state index is 0.0166. The van der Waals surface area contributed by atoms with E-state index < -0.39 is 0 Å². The predicted octanol–water partition coefficient (Wildman–Crippen LogP) is 2.31. The molecule has 1 aromatic rings. The summed E-state index contributed by atoms with van der Waals surface area (Å²) < 4.78 is 0. The van der Waals surface area contributed by atoms with Crippen molar-refractivity contribution >= 4 is 11.7 Å². The summed E-state index contributed by atoms with van der Waals surface area (Å²) in [6.45, 7) is 7.96. The van der Waals surface area contributed by atoms with Gasteiger partial charge in [-0.2, -0.15) is 0 Å². The van der Waals surface area contributed by atoms with Crippen LogP contribution in [-0.4, -0.2) is 39.4 Å². The highest BCUT2D eigenvalue weighted by molar-refractivity contribution is 5.92. The van der Waals surface area contributed by atoms with Crippen LogP contribution in [0.5, 0.6) is 0 Å². The fraction of sp³-hybridized carbons (Fsp3) is 0.643. The fourth-order valence-electron chi connectivity index (χ4n) is 2.40. The van der Waals surface area contributed by atoms with Crippen molar-refractivity contribution in [2.75, 3.05) is 18.4 Å². The molecule has 1 N–H and O–H groups in total. The molecular formula is C14H22N4O. The molecule has 1 amide bonds. The van der Waals surface area contributed by atoms with E-state index >= 15 is 0 Å². The minimum atomic E-state index is -0.0715. The maximum Gasteiger partial charge on any atom is 0.274 e. The molecule has 0 unspecified atom stereocenters.